The summed E-state index contributed by atoms with van der Waals surface area (Å²) in [6.07, 6.45) is 9.78. The van der Waals surface area contributed by atoms with Gasteiger partial charge in [0.15, 0.2) is 5.16 Å². The lowest BCUT2D eigenvalue weighted by atomic mass is 9.48. The summed E-state index contributed by atoms with van der Waals surface area (Å²) in [7, 11) is 0. The molecule has 4 aliphatic carbocycles. The number of hydrogen-bond acceptors (Lipinski definition) is 4. The first-order valence-corrected chi connectivity index (χ1v) is 11.5. The zero-order valence-corrected chi connectivity index (χ0v) is 17.2. The third-order valence-electron chi connectivity index (χ3n) is 7.34. The van der Waals surface area contributed by atoms with Crippen molar-refractivity contribution in [2.75, 3.05) is 0 Å². The highest BCUT2D eigenvalue weighted by Crippen LogP contribution is 2.61. The highest BCUT2D eigenvalue weighted by molar-refractivity contribution is 7.98. The Labute approximate surface area is 170 Å². The van der Waals surface area contributed by atoms with Crippen LogP contribution in [-0.2, 0) is 5.75 Å². The summed E-state index contributed by atoms with van der Waals surface area (Å²) in [5, 5.41) is 10.9. The first-order valence-electron chi connectivity index (χ1n) is 10.5. The van der Waals surface area contributed by atoms with Crippen molar-refractivity contribution >= 4 is 17.7 Å². The Morgan fingerprint density at radius 3 is 2.39 bits per heavy atom. The van der Waals surface area contributed by atoms with E-state index < -0.39 is 0 Å². The van der Waals surface area contributed by atoms with Gasteiger partial charge < -0.3 is 5.32 Å². The van der Waals surface area contributed by atoms with Gasteiger partial charge in [-0.15, -0.1) is 0 Å². The first kappa shape index (κ1) is 18.2. The maximum absolute atomic E-state index is 12.9. The lowest BCUT2D eigenvalue weighted by molar-refractivity contribution is -0.0688. The van der Waals surface area contributed by atoms with Crippen LogP contribution in [0.15, 0.2) is 35.7 Å². The molecule has 1 aromatic carbocycles. The van der Waals surface area contributed by atoms with Crippen LogP contribution in [0.3, 0.4) is 0 Å². The quantitative estimate of drug-likeness (QED) is 0.709. The summed E-state index contributed by atoms with van der Waals surface area (Å²) in [5.74, 6) is 3.60. The minimum atomic E-state index is 0.0673. The number of thioether (sulfide) groups is 1. The molecule has 6 rings (SSSR count). The molecule has 1 aromatic heterocycles. The fraction of sp³-hybridized carbons (Fsp3) is 0.591. The average molecular weight is 397 g/mol. The number of H-pyrrole nitrogens is 1. The van der Waals surface area contributed by atoms with Crippen LogP contribution in [0.1, 0.15) is 61.4 Å². The van der Waals surface area contributed by atoms with Crippen LogP contribution in [-0.4, -0.2) is 27.1 Å². The van der Waals surface area contributed by atoms with E-state index in [9.17, 15) is 4.79 Å². The second kappa shape index (κ2) is 7.21. The van der Waals surface area contributed by atoms with Crippen molar-refractivity contribution in [3.05, 3.63) is 41.7 Å². The zero-order chi connectivity index (χ0) is 19.1. The third kappa shape index (κ3) is 3.47. The van der Waals surface area contributed by atoms with E-state index >= 15 is 0 Å². The van der Waals surface area contributed by atoms with Gasteiger partial charge in [-0.2, -0.15) is 5.10 Å². The van der Waals surface area contributed by atoms with Crippen LogP contribution in [0.5, 0.6) is 0 Å². The fourth-order valence-electron chi connectivity index (χ4n) is 6.31. The number of aromatic amines is 1. The Kier molecular flexibility index (Phi) is 4.69. The van der Waals surface area contributed by atoms with Crippen LogP contribution < -0.4 is 5.32 Å². The molecule has 1 unspecified atom stereocenters. The number of rotatable bonds is 6. The minimum absolute atomic E-state index is 0.0673. The van der Waals surface area contributed by atoms with Crippen LogP contribution >= 0.6 is 11.8 Å². The second-order valence-corrected chi connectivity index (χ2v) is 10.2. The number of nitrogens with one attached hydrogen (secondary N) is 2. The van der Waals surface area contributed by atoms with Crippen LogP contribution in [0.2, 0.25) is 0 Å². The molecule has 28 heavy (non-hydrogen) atoms. The molecule has 148 valence electrons. The lowest BCUT2D eigenvalue weighted by Crippen LogP contribution is -2.55. The molecular formula is C22H28N4OS. The van der Waals surface area contributed by atoms with Crippen LogP contribution in [0.25, 0.3) is 0 Å². The topological polar surface area (TPSA) is 70.7 Å². The molecule has 5 nitrogen and oxygen atoms in total. The van der Waals surface area contributed by atoms with E-state index in [-0.39, 0.29) is 11.9 Å². The zero-order valence-electron chi connectivity index (χ0n) is 16.4. The third-order valence-corrected chi connectivity index (χ3v) is 8.28. The van der Waals surface area contributed by atoms with Crippen molar-refractivity contribution < 1.29 is 4.79 Å². The van der Waals surface area contributed by atoms with Gasteiger partial charge in [0.2, 0.25) is 0 Å². The van der Waals surface area contributed by atoms with Gasteiger partial charge in [0.25, 0.3) is 5.91 Å². The van der Waals surface area contributed by atoms with Gasteiger partial charge in [-0.3, -0.25) is 9.89 Å². The van der Waals surface area contributed by atoms with E-state index in [4.69, 9.17) is 0 Å². The highest BCUT2D eigenvalue weighted by atomic mass is 32.2. The number of benzene rings is 1. The number of amides is 1. The van der Waals surface area contributed by atoms with Crippen LogP contribution in [0, 0.1) is 23.2 Å². The van der Waals surface area contributed by atoms with Gasteiger partial charge in [0.05, 0.1) is 0 Å². The Hall–Kier alpha value is -1.82. The SMILES string of the molecule is CC(NC(=O)c1ccc(CSc2ncn[nH]2)cc1)C12CC3CC(CC(C3)C1)C2. The second-order valence-electron chi connectivity index (χ2n) is 9.25. The number of nitrogens with zero attached hydrogens (tertiary/aromatic N) is 2. The van der Waals surface area contributed by atoms with Crippen molar-refractivity contribution in [3.63, 3.8) is 0 Å². The Morgan fingerprint density at radius 1 is 1.18 bits per heavy atom. The molecule has 4 saturated carbocycles. The molecule has 4 aliphatic rings. The van der Waals surface area contributed by atoms with Gasteiger partial charge in [0, 0.05) is 17.4 Å². The predicted octanol–water partition coefficient (Wildman–Crippen LogP) is 4.43. The molecule has 0 aliphatic heterocycles. The molecule has 0 saturated heterocycles. The molecule has 0 radical (unpaired) electrons. The van der Waals surface area contributed by atoms with Gasteiger partial charge in [0.1, 0.15) is 6.33 Å². The maximum Gasteiger partial charge on any atom is 0.251 e. The highest BCUT2D eigenvalue weighted by Gasteiger charge is 2.53. The molecule has 2 N–H and O–H groups in total. The van der Waals surface area contributed by atoms with Gasteiger partial charge in [-0.1, -0.05) is 23.9 Å². The van der Waals surface area contributed by atoms with E-state index in [2.05, 4.69) is 27.4 Å². The van der Waals surface area contributed by atoms with Gasteiger partial charge in [-0.25, -0.2) is 4.98 Å². The van der Waals surface area contributed by atoms with Crippen molar-refractivity contribution in [2.45, 2.75) is 62.4 Å². The van der Waals surface area contributed by atoms with Crippen molar-refractivity contribution in [3.8, 4) is 0 Å². The summed E-state index contributed by atoms with van der Waals surface area (Å²) in [4.78, 5) is 17.0. The standard InChI is InChI=1S/C22H28N4OS/c1-14(22-9-16-6-17(10-22)8-18(7-16)11-22)25-20(27)19-4-2-15(3-5-19)12-28-21-23-13-24-26-21/h2-5,13-14,16-18H,6-12H2,1H3,(H,25,27)(H,23,24,26). The average Bonchev–Trinajstić information content (AvgIpc) is 3.19. The van der Waals surface area contributed by atoms with Gasteiger partial charge >= 0.3 is 0 Å². The number of hydrogen-bond donors (Lipinski definition) is 2. The number of carbonyl (C=O) groups excluding carboxylic acids is 1. The molecular weight excluding hydrogens is 368 g/mol. The minimum Gasteiger partial charge on any atom is -0.349 e. The molecule has 0 spiro atoms. The van der Waals surface area contributed by atoms with Crippen molar-refractivity contribution in [1.82, 2.24) is 20.5 Å². The van der Waals surface area contributed by atoms with Gasteiger partial charge in [-0.05, 0) is 86.3 Å². The van der Waals surface area contributed by atoms with Crippen molar-refractivity contribution in [1.29, 1.82) is 0 Å². The lowest BCUT2D eigenvalue weighted by Gasteiger charge is -2.59. The molecule has 4 fully saturated rings. The number of carbonyl (C=O) groups is 1. The largest absolute Gasteiger partial charge is 0.349 e. The fourth-order valence-corrected chi connectivity index (χ4v) is 7.04. The Balaban J connectivity index is 1.20. The molecule has 1 heterocycles. The Bertz CT molecular complexity index is 797. The summed E-state index contributed by atoms with van der Waals surface area (Å²) < 4.78 is 0. The van der Waals surface area contributed by atoms with E-state index in [0.717, 1.165) is 34.2 Å². The predicted molar refractivity (Wildman–Crippen MR) is 110 cm³/mol. The summed E-state index contributed by atoms with van der Waals surface area (Å²) in [5.41, 5.74) is 2.27. The molecule has 4 bridgehead atoms. The monoisotopic (exact) mass is 396 g/mol. The normalized spacial score (nSPS) is 31.7. The molecule has 6 heteroatoms. The summed E-state index contributed by atoms with van der Waals surface area (Å²) in [6, 6.07) is 8.22. The van der Waals surface area contributed by atoms with E-state index in [1.807, 2.05) is 24.3 Å². The molecule has 2 aromatic rings. The summed E-state index contributed by atoms with van der Waals surface area (Å²) in [6.45, 7) is 2.24. The van der Waals surface area contributed by atoms with E-state index in [1.165, 1.54) is 50.4 Å². The Morgan fingerprint density at radius 2 is 1.82 bits per heavy atom. The van der Waals surface area contributed by atoms with Crippen molar-refractivity contribution in [2.24, 2.45) is 23.2 Å². The summed E-state index contributed by atoms with van der Waals surface area (Å²) >= 11 is 1.61. The number of aromatic nitrogens is 3. The van der Waals surface area contributed by atoms with Crippen LogP contribution in [0.4, 0.5) is 0 Å². The van der Waals surface area contributed by atoms with E-state index in [1.54, 1.807) is 11.8 Å². The smallest absolute Gasteiger partial charge is 0.251 e. The molecule has 1 amide bonds. The molecule has 1 atom stereocenters. The first-order chi connectivity index (χ1) is 13.6. The maximum atomic E-state index is 12.9. The van der Waals surface area contributed by atoms with E-state index in [0.29, 0.717) is 5.41 Å².